The Kier molecular flexibility index (Phi) is 6.79. The number of pyridine rings is 1. The number of nitrogens with zero attached hydrogens (tertiary/aromatic N) is 2. The molecule has 0 amide bonds. The molecule has 0 radical (unpaired) electrons. The molecule has 0 saturated carbocycles. The summed E-state index contributed by atoms with van der Waals surface area (Å²) in [6, 6.07) is 11.2. The van der Waals surface area contributed by atoms with E-state index < -0.39 is 17.6 Å². The van der Waals surface area contributed by atoms with E-state index in [0.717, 1.165) is 12.1 Å². The van der Waals surface area contributed by atoms with Gasteiger partial charge in [0.05, 0.1) is 21.8 Å². The Hall–Kier alpha value is -2.84. The number of hydrazone groups is 1. The number of benzene rings is 2. The smallest absolute Gasteiger partial charge is 0.417 e. The van der Waals surface area contributed by atoms with Crippen LogP contribution < -0.4 is 10.2 Å². The lowest BCUT2D eigenvalue weighted by atomic mass is 10.2. The molecule has 0 unspecified atom stereocenters. The maximum Gasteiger partial charge on any atom is 0.417 e. The van der Waals surface area contributed by atoms with Gasteiger partial charge in [0.1, 0.15) is 18.2 Å². The maximum absolute atomic E-state index is 13.7. The Morgan fingerprint density at radius 3 is 2.37 bits per heavy atom. The Bertz CT molecular complexity index is 1030. The summed E-state index contributed by atoms with van der Waals surface area (Å²) in [7, 11) is 0. The second-order valence-corrected chi connectivity index (χ2v) is 6.81. The largest absolute Gasteiger partial charge is 0.486 e. The van der Waals surface area contributed by atoms with E-state index >= 15 is 0 Å². The molecule has 10 heteroatoms. The van der Waals surface area contributed by atoms with E-state index in [2.05, 4.69) is 15.5 Å². The standard InChI is InChI=1S/C20H13Cl2F4N3O/c21-15-7-12(9-28-29-18-6-5-14(10-27-18)20(24,25)26)8-16(22)19(15)30-11-13-3-1-2-4-17(13)23/h1-10H,11H2,(H,27,29)/b28-9-. The lowest BCUT2D eigenvalue weighted by Gasteiger charge is -2.11. The van der Waals surface area contributed by atoms with Gasteiger partial charge in [0.25, 0.3) is 0 Å². The second-order valence-electron chi connectivity index (χ2n) is 5.99. The minimum Gasteiger partial charge on any atom is -0.486 e. The first-order chi connectivity index (χ1) is 14.2. The molecular weight excluding hydrogens is 445 g/mol. The second kappa shape index (κ2) is 9.32. The fourth-order valence-corrected chi connectivity index (χ4v) is 2.97. The highest BCUT2D eigenvalue weighted by atomic mass is 35.5. The third-order valence-electron chi connectivity index (χ3n) is 3.83. The number of ether oxygens (including phenoxy) is 1. The predicted octanol–water partition coefficient (Wildman–Crippen LogP) is 6.57. The molecule has 0 aliphatic rings. The molecule has 1 aromatic heterocycles. The van der Waals surface area contributed by atoms with E-state index in [1.165, 1.54) is 24.4 Å². The van der Waals surface area contributed by atoms with E-state index in [-0.39, 0.29) is 28.2 Å². The van der Waals surface area contributed by atoms with Crippen molar-refractivity contribution in [1.29, 1.82) is 0 Å². The Morgan fingerprint density at radius 1 is 1.07 bits per heavy atom. The molecule has 1 heterocycles. The number of hydrogen-bond acceptors (Lipinski definition) is 4. The number of hydrogen-bond donors (Lipinski definition) is 1. The zero-order chi connectivity index (χ0) is 21.7. The first-order valence-electron chi connectivity index (χ1n) is 8.41. The van der Waals surface area contributed by atoms with Crippen LogP contribution in [0.1, 0.15) is 16.7 Å². The molecule has 0 aliphatic heterocycles. The molecule has 0 atom stereocenters. The van der Waals surface area contributed by atoms with Crippen molar-refractivity contribution in [2.45, 2.75) is 12.8 Å². The summed E-state index contributed by atoms with van der Waals surface area (Å²) in [6.07, 6.45) is -2.40. The third kappa shape index (κ3) is 5.61. The van der Waals surface area contributed by atoms with Crippen molar-refractivity contribution in [1.82, 2.24) is 4.98 Å². The van der Waals surface area contributed by atoms with Crippen LogP contribution in [0.3, 0.4) is 0 Å². The van der Waals surface area contributed by atoms with Crippen LogP contribution in [0.25, 0.3) is 0 Å². The van der Waals surface area contributed by atoms with Gasteiger partial charge in [0.2, 0.25) is 0 Å². The summed E-state index contributed by atoms with van der Waals surface area (Å²) >= 11 is 12.4. The average molecular weight is 458 g/mol. The fraction of sp³-hybridized carbons (Fsp3) is 0.100. The van der Waals surface area contributed by atoms with Crippen molar-refractivity contribution in [3.05, 3.63) is 87.3 Å². The number of alkyl halides is 3. The van der Waals surface area contributed by atoms with E-state index in [4.69, 9.17) is 27.9 Å². The predicted molar refractivity (Wildman–Crippen MR) is 108 cm³/mol. The van der Waals surface area contributed by atoms with Gasteiger partial charge in [-0.05, 0) is 35.9 Å². The minimum absolute atomic E-state index is 0.0549. The van der Waals surface area contributed by atoms with Crippen LogP contribution in [0.4, 0.5) is 23.4 Å². The fourth-order valence-electron chi connectivity index (χ4n) is 2.36. The van der Waals surface area contributed by atoms with Gasteiger partial charge >= 0.3 is 6.18 Å². The maximum atomic E-state index is 13.7. The Balaban J connectivity index is 1.65. The topological polar surface area (TPSA) is 46.5 Å². The molecule has 156 valence electrons. The number of anilines is 1. The molecule has 0 aliphatic carbocycles. The summed E-state index contributed by atoms with van der Waals surface area (Å²) in [5.74, 6) is -0.0890. The van der Waals surface area contributed by atoms with E-state index in [1.54, 1.807) is 18.2 Å². The highest BCUT2D eigenvalue weighted by molar-refractivity contribution is 6.37. The third-order valence-corrected chi connectivity index (χ3v) is 4.40. The Morgan fingerprint density at radius 2 is 1.77 bits per heavy atom. The number of aromatic nitrogens is 1. The average Bonchev–Trinajstić information content (AvgIpc) is 2.68. The lowest BCUT2D eigenvalue weighted by molar-refractivity contribution is -0.137. The van der Waals surface area contributed by atoms with Crippen LogP contribution >= 0.6 is 23.2 Å². The van der Waals surface area contributed by atoms with Gasteiger partial charge in [-0.1, -0.05) is 41.4 Å². The Labute approximate surface area is 179 Å². The van der Waals surface area contributed by atoms with E-state index in [9.17, 15) is 17.6 Å². The minimum atomic E-state index is -4.46. The molecule has 3 rings (SSSR count). The van der Waals surface area contributed by atoms with Gasteiger partial charge in [0, 0.05) is 11.8 Å². The monoisotopic (exact) mass is 457 g/mol. The van der Waals surface area contributed by atoms with Gasteiger partial charge in [-0.2, -0.15) is 18.3 Å². The first-order valence-corrected chi connectivity index (χ1v) is 9.17. The first kappa shape index (κ1) is 21.9. The quantitative estimate of drug-likeness (QED) is 0.258. The highest BCUT2D eigenvalue weighted by Gasteiger charge is 2.30. The zero-order valence-electron chi connectivity index (χ0n) is 15.1. The molecule has 1 N–H and O–H groups in total. The molecule has 0 spiro atoms. The highest BCUT2D eigenvalue weighted by Crippen LogP contribution is 2.34. The van der Waals surface area contributed by atoms with Gasteiger partial charge in [-0.25, -0.2) is 9.37 Å². The van der Waals surface area contributed by atoms with Crippen molar-refractivity contribution in [2.24, 2.45) is 5.10 Å². The molecule has 2 aromatic carbocycles. The van der Waals surface area contributed by atoms with Gasteiger partial charge < -0.3 is 4.74 Å². The summed E-state index contributed by atoms with van der Waals surface area (Å²) < 4.78 is 56.8. The van der Waals surface area contributed by atoms with Crippen LogP contribution in [-0.4, -0.2) is 11.2 Å². The van der Waals surface area contributed by atoms with Crippen molar-refractivity contribution in [3.63, 3.8) is 0 Å². The van der Waals surface area contributed by atoms with E-state index in [0.29, 0.717) is 17.3 Å². The van der Waals surface area contributed by atoms with Crippen molar-refractivity contribution >= 4 is 35.2 Å². The summed E-state index contributed by atoms with van der Waals surface area (Å²) in [5, 5.41) is 4.27. The summed E-state index contributed by atoms with van der Waals surface area (Å²) in [5.41, 5.74) is 2.50. The lowest BCUT2D eigenvalue weighted by Crippen LogP contribution is -2.05. The van der Waals surface area contributed by atoms with Crippen LogP contribution in [0, 0.1) is 5.82 Å². The van der Waals surface area contributed by atoms with Crippen LogP contribution in [0.5, 0.6) is 5.75 Å². The summed E-state index contributed by atoms with van der Waals surface area (Å²) in [6.45, 7) is -0.0549. The van der Waals surface area contributed by atoms with Crippen LogP contribution in [0.15, 0.2) is 59.8 Å². The van der Waals surface area contributed by atoms with Gasteiger partial charge in [0.15, 0.2) is 5.75 Å². The van der Waals surface area contributed by atoms with Crippen molar-refractivity contribution < 1.29 is 22.3 Å². The molecule has 0 bridgehead atoms. The van der Waals surface area contributed by atoms with Crippen LogP contribution in [-0.2, 0) is 12.8 Å². The van der Waals surface area contributed by atoms with Gasteiger partial charge in [-0.15, -0.1) is 0 Å². The molecular formula is C20H13Cl2F4N3O. The number of rotatable bonds is 6. The number of nitrogens with one attached hydrogen (secondary N) is 1. The normalized spacial score (nSPS) is 11.7. The molecule has 0 saturated heterocycles. The number of halogens is 6. The van der Waals surface area contributed by atoms with Crippen LogP contribution in [0.2, 0.25) is 10.0 Å². The molecule has 30 heavy (non-hydrogen) atoms. The molecule has 3 aromatic rings. The van der Waals surface area contributed by atoms with Gasteiger partial charge in [-0.3, -0.25) is 5.43 Å². The van der Waals surface area contributed by atoms with E-state index in [1.807, 2.05) is 0 Å². The molecule has 4 nitrogen and oxygen atoms in total. The molecule has 0 fully saturated rings. The summed E-state index contributed by atoms with van der Waals surface area (Å²) in [4.78, 5) is 3.64. The van der Waals surface area contributed by atoms with Crippen molar-refractivity contribution in [3.8, 4) is 5.75 Å². The zero-order valence-corrected chi connectivity index (χ0v) is 16.6. The van der Waals surface area contributed by atoms with Crippen molar-refractivity contribution in [2.75, 3.05) is 5.43 Å². The SMILES string of the molecule is Fc1ccccc1COc1c(Cl)cc(/C=N\Nc2ccc(C(F)(F)F)cn2)cc1Cl.